The number of carboxylic acids is 1. The van der Waals surface area contributed by atoms with Crippen LogP contribution in [0.5, 0.6) is 0 Å². The molecule has 0 aliphatic carbocycles. The summed E-state index contributed by atoms with van der Waals surface area (Å²) in [5.41, 5.74) is 0.0793. The van der Waals surface area contributed by atoms with Crippen LogP contribution in [0.25, 0.3) is 0 Å². The van der Waals surface area contributed by atoms with Crippen molar-refractivity contribution in [3.8, 4) is 0 Å². The van der Waals surface area contributed by atoms with Crippen molar-refractivity contribution in [2.75, 3.05) is 32.1 Å². The molecule has 0 spiro atoms. The van der Waals surface area contributed by atoms with Crippen LogP contribution in [-0.4, -0.2) is 59.4 Å². The molecule has 1 N–H and O–H groups in total. The number of thioether (sulfide) groups is 1. The molecule has 5 nitrogen and oxygen atoms in total. The van der Waals surface area contributed by atoms with Gasteiger partial charge in [-0.1, -0.05) is 12.1 Å². The topological polar surface area (TPSA) is 66.8 Å². The molecule has 2 rings (SSSR count). The number of carboxylic acid groups (broad SMARTS) is 1. The Balaban J connectivity index is 2.06. The smallest absolute Gasteiger partial charge is 0.313 e. The van der Waals surface area contributed by atoms with Crippen molar-refractivity contribution in [3.05, 3.63) is 29.8 Å². The third-order valence-electron chi connectivity index (χ3n) is 3.84. The highest BCUT2D eigenvalue weighted by atomic mass is 32.2. The molecule has 0 saturated carbocycles. The van der Waals surface area contributed by atoms with Crippen molar-refractivity contribution in [3.63, 3.8) is 0 Å². The lowest BCUT2D eigenvalue weighted by Gasteiger charge is -2.39. The number of carbonyl (C=O) groups is 2. The number of ether oxygens (including phenoxy) is 1. The van der Waals surface area contributed by atoms with Crippen LogP contribution in [0.4, 0.5) is 0 Å². The molecule has 1 heterocycles. The van der Waals surface area contributed by atoms with Gasteiger partial charge in [0.15, 0.2) is 5.78 Å². The molecule has 6 heteroatoms. The fourth-order valence-corrected chi connectivity index (χ4v) is 3.09. The lowest BCUT2D eigenvalue weighted by atomic mass is 9.91. The number of carbonyl (C=O) groups excluding carboxylic acids is 1. The van der Waals surface area contributed by atoms with Gasteiger partial charge in [-0.3, -0.25) is 14.5 Å². The van der Waals surface area contributed by atoms with E-state index in [0.717, 1.165) is 18.0 Å². The predicted octanol–water partition coefficient (Wildman–Crippen LogP) is 2.16. The van der Waals surface area contributed by atoms with E-state index < -0.39 is 11.5 Å². The van der Waals surface area contributed by atoms with Gasteiger partial charge in [-0.2, -0.15) is 0 Å². The number of hydrogen-bond donors (Lipinski definition) is 1. The van der Waals surface area contributed by atoms with E-state index in [1.165, 1.54) is 11.8 Å². The minimum atomic E-state index is -0.849. The van der Waals surface area contributed by atoms with Crippen LogP contribution >= 0.6 is 11.8 Å². The van der Waals surface area contributed by atoms with Crippen LogP contribution in [0.2, 0.25) is 0 Å². The Morgan fingerprint density at radius 2 is 1.82 bits per heavy atom. The summed E-state index contributed by atoms with van der Waals surface area (Å²) in [4.78, 5) is 26.3. The molecule has 0 aromatic heterocycles. The van der Waals surface area contributed by atoms with E-state index in [1.54, 1.807) is 24.3 Å². The average molecular weight is 323 g/mol. The summed E-state index contributed by atoms with van der Waals surface area (Å²) in [5.74, 6) is -0.755. The molecular formula is C16H21NO4S. The van der Waals surface area contributed by atoms with E-state index in [-0.39, 0.29) is 11.5 Å². The SMILES string of the molecule is CC(C)(C(=O)c1ccc(SCC(=O)O)cc1)N1CCOCC1. The molecule has 1 aliphatic rings. The second-order valence-electron chi connectivity index (χ2n) is 5.69. The Kier molecular flexibility index (Phi) is 5.61. The van der Waals surface area contributed by atoms with Crippen molar-refractivity contribution in [1.29, 1.82) is 0 Å². The van der Waals surface area contributed by atoms with E-state index >= 15 is 0 Å². The number of Topliss-reactive ketones (excluding diaryl/α,β-unsaturated/α-hetero) is 1. The van der Waals surface area contributed by atoms with Gasteiger partial charge >= 0.3 is 5.97 Å². The lowest BCUT2D eigenvalue weighted by Crippen LogP contribution is -2.54. The van der Waals surface area contributed by atoms with E-state index in [1.807, 2.05) is 13.8 Å². The molecule has 1 aliphatic heterocycles. The third-order valence-corrected chi connectivity index (χ3v) is 4.83. The number of ketones is 1. The molecular weight excluding hydrogens is 302 g/mol. The first kappa shape index (κ1) is 17.0. The summed E-state index contributed by atoms with van der Waals surface area (Å²) in [7, 11) is 0. The highest BCUT2D eigenvalue weighted by molar-refractivity contribution is 8.00. The van der Waals surface area contributed by atoms with Gasteiger partial charge in [0, 0.05) is 23.5 Å². The van der Waals surface area contributed by atoms with Crippen LogP contribution in [0.1, 0.15) is 24.2 Å². The van der Waals surface area contributed by atoms with Crippen molar-refractivity contribution < 1.29 is 19.4 Å². The van der Waals surface area contributed by atoms with Crippen LogP contribution in [0.3, 0.4) is 0 Å². The fraction of sp³-hybridized carbons (Fsp3) is 0.500. The number of aliphatic carboxylic acids is 1. The second kappa shape index (κ2) is 7.26. The first-order valence-electron chi connectivity index (χ1n) is 7.23. The van der Waals surface area contributed by atoms with Gasteiger partial charge in [-0.05, 0) is 26.0 Å². The van der Waals surface area contributed by atoms with E-state index in [4.69, 9.17) is 9.84 Å². The largest absolute Gasteiger partial charge is 0.481 e. The summed E-state index contributed by atoms with van der Waals surface area (Å²) < 4.78 is 5.34. The van der Waals surface area contributed by atoms with Gasteiger partial charge in [0.25, 0.3) is 0 Å². The Bertz CT molecular complexity index is 536. The Labute approximate surface area is 134 Å². The minimum Gasteiger partial charge on any atom is -0.481 e. The summed E-state index contributed by atoms with van der Waals surface area (Å²) in [6.07, 6.45) is 0. The number of hydrogen-bond acceptors (Lipinski definition) is 5. The van der Waals surface area contributed by atoms with Crippen LogP contribution < -0.4 is 0 Å². The maximum absolute atomic E-state index is 12.8. The fourth-order valence-electron chi connectivity index (χ4n) is 2.47. The zero-order chi connectivity index (χ0) is 16.2. The minimum absolute atomic E-state index is 0.0204. The normalized spacial score (nSPS) is 16.5. The van der Waals surface area contributed by atoms with Crippen molar-refractivity contribution in [2.45, 2.75) is 24.3 Å². The molecule has 1 saturated heterocycles. The maximum atomic E-state index is 12.8. The van der Waals surface area contributed by atoms with Gasteiger partial charge in [-0.15, -0.1) is 11.8 Å². The van der Waals surface area contributed by atoms with Gasteiger partial charge in [-0.25, -0.2) is 0 Å². The molecule has 0 radical (unpaired) electrons. The van der Waals surface area contributed by atoms with E-state index in [9.17, 15) is 9.59 Å². The van der Waals surface area contributed by atoms with E-state index in [2.05, 4.69) is 4.90 Å². The standard InChI is InChI=1S/C16H21NO4S/c1-16(2,17-7-9-21-10-8-17)15(20)12-3-5-13(6-4-12)22-11-14(18)19/h3-6H,7-11H2,1-2H3,(H,18,19). The van der Waals surface area contributed by atoms with Gasteiger partial charge in [0.1, 0.15) is 0 Å². The van der Waals surface area contributed by atoms with Crippen molar-refractivity contribution in [2.24, 2.45) is 0 Å². The molecule has 0 bridgehead atoms. The molecule has 0 amide bonds. The van der Waals surface area contributed by atoms with Crippen LogP contribution in [0.15, 0.2) is 29.2 Å². The Hall–Kier alpha value is -1.37. The number of rotatable bonds is 6. The monoisotopic (exact) mass is 323 g/mol. The number of benzene rings is 1. The molecule has 0 atom stereocenters. The predicted molar refractivity (Wildman–Crippen MR) is 85.6 cm³/mol. The highest BCUT2D eigenvalue weighted by Crippen LogP contribution is 2.24. The Morgan fingerprint density at radius 1 is 1.23 bits per heavy atom. The summed E-state index contributed by atoms with van der Waals surface area (Å²) in [6, 6.07) is 7.15. The molecule has 120 valence electrons. The molecule has 1 fully saturated rings. The average Bonchev–Trinajstić information content (AvgIpc) is 2.53. The zero-order valence-corrected chi connectivity index (χ0v) is 13.7. The number of morpholine rings is 1. The first-order valence-corrected chi connectivity index (χ1v) is 8.22. The van der Waals surface area contributed by atoms with Crippen molar-refractivity contribution >= 4 is 23.5 Å². The number of nitrogens with zero attached hydrogens (tertiary/aromatic N) is 1. The molecule has 0 unspecified atom stereocenters. The zero-order valence-electron chi connectivity index (χ0n) is 12.9. The quantitative estimate of drug-likeness (QED) is 0.639. The molecule has 1 aromatic rings. The lowest BCUT2D eigenvalue weighted by molar-refractivity contribution is -0.133. The first-order chi connectivity index (χ1) is 10.4. The third kappa shape index (κ3) is 4.09. The molecule has 1 aromatic carbocycles. The summed E-state index contributed by atoms with van der Waals surface area (Å²) in [6.45, 7) is 6.70. The van der Waals surface area contributed by atoms with Crippen molar-refractivity contribution in [1.82, 2.24) is 4.90 Å². The molecule has 22 heavy (non-hydrogen) atoms. The van der Waals surface area contributed by atoms with E-state index in [0.29, 0.717) is 18.8 Å². The summed E-state index contributed by atoms with van der Waals surface area (Å²) >= 11 is 1.25. The van der Waals surface area contributed by atoms with Gasteiger partial charge < -0.3 is 9.84 Å². The van der Waals surface area contributed by atoms with Gasteiger partial charge in [0.2, 0.25) is 0 Å². The van der Waals surface area contributed by atoms with Crippen LogP contribution in [0, 0.1) is 0 Å². The van der Waals surface area contributed by atoms with Crippen LogP contribution in [-0.2, 0) is 9.53 Å². The second-order valence-corrected chi connectivity index (χ2v) is 6.74. The Morgan fingerprint density at radius 3 is 2.36 bits per heavy atom. The highest BCUT2D eigenvalue weighted by Gasteiger charge is 2.35. The maximum Gasteiger partial charge on any atom is 0.313 e. The summed E-state index contributed by atoms with van der Waals surface area (Å²) in [5, 5.41) is 8.68. The van der Waals surface area contributed by atoms with Gasteiger partial charge in [0.05, 0.1) is 24.5 Å².